The fraction of sp³-hybridized carbons (Fsp3) is 0.643. The number of aromatic nitrogens is 2. The maximum absolute atomic E-state index is 4.65. The van der Waals surface area contributed by atoms with Crippen LogP contribution in [0, 0.1) is 12.8 Å². The third-order valence-electron chi connectivity index (χ3n) is 3.59. The minimum absolute atomic E-state index is 0.815. The predicted molar refractivity (Wildman–Crippen MR) is 76.0 cm³/mol. The van der Waals surface area contributed by atoms with E-state index in [1.165, 1.54) is 12.8 Å². The summed E-state index contributed by atoms with van der Waals surface area (Å²) < 4.78 is 2.20. The summed E-state index contributed by atoms with van der Waals surface area (Å²) in [4.78, 5) is 7.05. The van der Waals surface area contributed by atoms with Crippen molar-refractivity contribution in [2.45, 2.75) is 26.3 Å². The molecule has 0 unspecified atom stereocenters. The molecule has 0 atom stereocenters. The molecule has 1 saturated heterocycles. The Labute approximate surface area is 110 Å². The molecule has 1 aromatic heterocycles. The van der Waals surface area contributed by atoms with Crippen LogP contribution in [0.2, 0.25) is 0 Å². The van der Waals surface area contributed by atoms with E-state index in [0.29, 0.717) is 0 Å². The summed E-state index contributed by atoms with van der Waals surface area (Å²) in [6, 6.07) is 0. The molecular weight excluding hydrogens is 224 g/mol. The van der Waals surface area contributed by atoms with Crippen molar-refractivity contribution >= 4 is 5.95 Å². The molecule has 2 heterocycles. The first kappa shape index (κ1) is 13.1. The maximum atomic E-state index is 4.65. The monoisotopic (exact) mass is 248 g/mol. The number of nitrogens with one attached hydrogen (secondary N) is 1. The van der Waals surface area contributed by atoms with Crippen molar-refractivity contribution in [1.82, 2.24) is 14.9 Å². The van der Waals surface area contributed by atoms with E-state index in [4.69, 9.17) is 0 Å². The van der Waals surface area contributed by atoms with Crippen LogP contribution < -0.4 is 10.2 Å². The van der Waals surface area contributed by atoms with Crippen molar-refractivity contribution in [2.75, 3.05) is 31.6 Å². The molecule has 0 radical (unpaired) electrons. The lowest BCUT2D eigenvalue weighted by molar-refractivity contribution is 0.389. The van der Waals surface area contributed by atoms with Gasteiger partial charge in [-0.2, -0.15) is 0 Å². The Hall–Kier alpha value is -1.29. The maximum Gasteiger partial charge on any atom is 0.206 e. The lowest BCUT2D eigenvalue weighted by Gasteiger charge is -2.32. The van der Waals surface area contributed by atoms with Crippen LogP contribution in [0.4, 0.5) is 5.95 Å². The van der Waals surface area contributed by atoms with E-state index in [9.17, 15) is 0 Å². The van der Waals surface area contributed by atoms with Gasteiger partial charge in [-0.25, -0.2) is 4.98 Å². The Morgan fingerprint density at radius 2 is 2.22 bits per heavy atom. The number of anilines is 1. The largest absolute Gasteiger partial charge is 0.342 e. The second-order valence-corrected chi connectivity index (χ2v) is 5.11. The number of allylic oxidation sites excluding steroid dienone is 1. The molecule has 0 bridgehead atoms. The van der Waals surface area contributed by atoms with Gasteiger partial charge in [0.25, 0.3) is 0 Å². The lowest BCUT2D eigenvalue weighted by Crippen LogP contribution is -2.38. The van der Waals surface area contributed by atoms with Gasteiger partial charge in [0.15, 0.2) is 0 Å². The minimum Gasteiger partial charge on any atom is -0.342 e. The van der Waals surface area contributed by atoms with E-state index in [-0.39, 0.29) is 0 Å². The molecule has 0 amide bonds. The zero-order valence-electron chi connectivity index (χ0n) is 11.5. The van der Waals surface area contributed by atoms with Gasteiger partial charge >= 0.3 is 0 Å². The van der Waals surface area contributed by atoms with E-state index in [2.05, 4.69) is 39.5 Å². The summed E-state index contributed by atoms with van der Waals surface area (Å²) in [5.41, 5.74) is 1.09. The van der Waals surface area contributed by atoms with Crippen LogP contribution in [-0.2, 0) is 6.54 Å². The Kier molecular flexibility index (Phi) is 4.42. The van der Waals surface area contributed by atoms with E-state index in [0.717, 1.165) is 43.7 Å². The molecule has 4 heteroatoms. The van der Waals surface area contributed by atoms with E-state index in [1.807, 2.05) is 13.1 Å². The lowest BCUT2D eigenvalue weighted by atomic mass is 9.97. The Balaban J connectivity index is 2.02. The number of aryl methyl sites for hydroxylation is 1. The van der Waals surface area contributed by atoms with Crippen molar-refractivity contribution in [3.8, 4) is 0 Å². The number of hydrogen-bond donors (Lipinski definition) is 1. The molecule has 2 rings (SSSR count). The van der Waals surface area contributed by atoms with Crippen LogP contribution in [0.3, 0.4) is 0 Å². The molecule has 0 aromatic carbocycles. The van der Waals surface area contributed by atoms with Crippen molar-refractivity contribution in [2.24, 2.45) is 5.92 Å². The molecule has 18 heavy (non-hydrogen) atoms. The molecule has 0 saturated carbocycles. The second-order valence-electron chi connectivity index (χ2n) is 5.11. The van der Waals surface area contributed by atoms with Gasteiger partial charge in [-0.3, -0.25) is 0 Å². The molecule has 1 aliphatic heterocycles. The van der Waals surface area contributed by atoms with Crippen LogP contribution in [0.1, 0.15) is 18.5 Å². The molecule has 100 valence electrons. The van der Waals surface area contributed by atoms with Crippen LogP contribution >= 0.6 is 0 Å². The van der Waals surface area contributed by atoms with Crippen LogP contribution in [0.5, 0.6) is 0 Å². The number of rotatable bonds is 5. The number of hydrogen-bond acceptors (Lipinski definition) is 3. The molecule has 4 nitrogen and oxygen atoms in total. The summed E-state index contributed by atoms with van der Waals surface area (Å²) >= 11 is 0. The highest BCUT2D eigenvalue weighted by Gasteiger charge is 2.21. The average molecular weight is 248 g/mol. The molecule has 0 aliphatic carbocycles. The molecule has 1 N–H and O–H groups in total. The topological polar surface area (TPSA) is 33.1 Å². The minimum atomic E-state index is 0.815. The first-order valence-electron chi connectivity index (χ1n) is 6.78. The normalized spacial score (nSPS) is 17.1. The van der Waals surface area contributed by atoms with Gasteiger partial charge in [0.2, 0.25) is 5.95 Å². The standard InChI is InChI=1S/C14H24N4/c1-4-7-18-11-12(2)16-14(18)17-8-5-13(6-9-17)10-15-3/h4,11,13,15H,1,5-10H2,2-3H3. The van der Waals surface area contributed by atoms with Crippen LogP contribution in [-0.4, -0.2) is 36.2 Å². The third kappa shape index (κ3) is 2.93. The third-order valence-corrected chi connectivity index (χ3v) is 3.59. The smallest absolute Gasteiger partial charge is 0.206 e. The number of imidazole rings is 1. The number of nitrogens with zero attached hydrogens (tertiary/aromatic N) is 3. The quantitative estimate of drug-likeness (QED) is 0.807. The van der Waals surface area contributed by atoms with Gasteiger partial charge in [-0.1, -0.05) is 6.08 Å². The average Bonchev–Trinajstić information content (AvgIpc) is 2.72. The van der Waals surface area contributed by atoms with Crippen LogP contribution in [0.25, 0.3) is 0 Å². The summed E-state index contributed by atoms with van der Waals surface area (Å²) in [6.45, 7) is 10.1. The van der Waals surface area contributed by atoms with Crippen molar-refractivity contribution < 1.29 is 0 Å². The Morgan fingerprint density at radius 1 is 1.50 bits per heavy atom. The van der Waals surface area contributed by atoms with Crippen molar-refractivity contribution in [1.29, 1.82) is 0 Å². The first-order chi connectivity index (χ1) is 8.74. The molecule has 0 spiro atoms. The summed E-state index contributed by atoms with van der Waals surface area (Å²) in [5.74, 6) is 1.92. The summed E-state index contributed by atoms with van der Waals surface area (Å²) in [7, 11) is 2.03. The van der Waals surface area contributed by atoms with E-state index in [1.54, 1.807) is 0 Å². The van der Waals surface area contributed by atoms with Crippen molar-refractivity contribution in [3.05, 3.63) is 24.5 Å². The highest BCUT2D eigenvalue weighted by molar-refractivity contribution is 5.34. The van der Waals surface area contributed by atoms with Crippen molar-refractivity contribution in [3.63, 3.8) is 0 Å². The van der Waals surface area contributed by atoms with Gasteiger partial charge in [0, 0.05) is 25.8 Å². The summed E-state index contributed by atoms with van der Waals surface area (Å²) in [6.07, 6.45) is 6.54. The van der Waals surface area contributed by atoms with Gasteiger partial charge < -0.3 is 14.8 Å². The Morgan fingerprint density at radius 3 is 2.83 bits per heavy atom. The van der Waals surface area contributed by atoms with Gasteiger partial charge in [0.1, 0.15) is 0 Å². The predicted octanol–water partition coefficient (Wildman–Crippen LogP) is 1.81. The Bertz CT molecular complexity index is 388. The molecular formula is C14H24N4. The SMILES string of the molecule is C=CCn1cc(C)nc1N1CCC(CNC)CC1. The molecule has 1 aromatic rings. The zero-order chi connectivity index (χ0) is 13.0. The zero-order valence-corrected chi connectivity index (χ0v) is 11.5. The van der Waals surface area contributed by atoms with E-state index >= 15 is 0 Å². The van der Waals surface area contributed by atoms with E-state index < -0.39 is 0 Å². The highest BCUT2D eigenvalue weighted by atomic mass is 15.3. The van der Waals surface area contributed by atoms with Crippen LogP contribution in [0.15, 0.2) is 18.9 Å². The van der Waals surface area contributed by atoms with Gasteiger partial charge in [0.05, 0.1) is 5.69 Å². The van der Waals surface area contributed by atoms with Gasteiger partial charge in [-0.05, 0) is 39.3 Å². The summed E-state index contributed by atoms with van der Waals surface area (Å²) in [5, 5.41) is 3.28. The highest BCUT2D eigenvalue weighted by Crippen LogP contribution is 2.22. The fourth-order valence-corrected chi connectivity index (χ4v) is 2.69. The van der Waals surface area contributed by atoms with Gasteiger partial charge in [-0.15, -0.1) is 6.58 Å². The number of piperidine rings is 1. The second kappa shape index (κ2) is 6.05. The molecule has 1 fully saturated rings. The first-order valence-corrected chi connectivity index (χ1v) is 6.78. The molecule has 1 aliphatic rings. The fourth-order valence-electron chi connectivity index (χ4n) is 2.69.